The maximum Gasteiger partial charge on any atom is 0.176 e. The second-order valence-corrected chi connectivity index (χ2v) is 4.91. The molecule has 0 aromatic heterocycles. The first-order valence-corrected chi connectivity index (χ1v) is 7.18. The Hall–Kier alpha value is -1.22. The van der Waals surface area contributed by atoms with Gasteiger partial charge in [0, 0.05) is 5.56 Å². The van der Waals surface area contributed by atoms with E-state index in [0.29, 0.717) is 12.1 Å². The first-order valence-electron chi connectivity index (χ1n) is 7.18. The molecule has 0 aliphatic rings. The molecule has 1 rings (SSSR count). The summed E-state index contributed by atoms with van der Waals surface area (Å²) in [4.78, 5) is 14.3. The minimum absolute atomic E-state index is 0.0761. The van der Waals surface area contributed by atoms with Crippen LogP contribution < -0.4 is 0 Å². The van der Waals surface area contributed by atoms with Crippen LogP contribution in [0.2, 0.25) is 0 Å². The van der Waals surface area contributed by atoms with Gasteiger partial charge >= 0.3 is 0 Å². The van der Waals surface area contributed by atoms with Crippen LogP contribution in [0.5, 0.6) is 0 Å². The smallest absolute Gasteiger partial charge is 0.176 e. The van der Waals surface area contributed by atoms with Crippen LogP contribution in [0.1, 0.15) is 49.9 Å². The summed E-state index contributed by atoms with van der Waals surface area (Å²) >= 11 is 0. The highest BCUT2D eigenvalue weighted by Crippen LogP contribution is 2.06. The zero-order valence-corrected chi connectivity index (χ0v) is 12.0. The monoisotopic (exact) mass is 265 g/mol. The lowest BCUT2D eigenvalue weighted by molar-refractivity contribution is 0.0928. The maximum absolute atomic E-state index is 12.8. The summed E-state index contributed by atoms with van der Waals surface area (Å²) in [6, 6.07) is 5.82. The second-order valence-electron chi connectivity index (χ2n) is 4.91. The Labute approximate surface area is 115 Å². The van der Waals surface area contributed by atoms with Crippen LogP contribution in [0.25, 0.3) is 0 Å². The number of ketones is 1. The van der Waals surface area contributed by atoms with E-state index in [1.165, 1.54) is 12.1 Å². The third-order valence-corrected chi connectivity index (χ3v) is 3.19. The molecule has 19 heavy (non-hydrogen) atoms. The highest BCUT2D eigenvalue weighted by molar-refractivity contribution is 5.97. The minimum atomic E-state index is -0.301. The molecule has 0 bridgehead atoms. The Bertz CT molecular complexity index is 367. The number of halogens is 1. The highest BCUT2D eigenvalue weighted by Gasteiger charge is 2.11. The topological polar surface area (TPSA) is 20.3 Å². The number of carbonyl (C=O) groups excluding carboxylic acids is 1. The molecule has 0 unspecified atom stereocenters. The first-order chi connectivity index (χ1) is 9.17. The molecule has 0 N–H and O–H groups in total. The summed E-state index contributed by atoms with van der Waals surface area (Å²) < 4.78 is 12.8. The third kappa shape index (κ3) is 5.97. The van der Waals surface area contributed by atoms with E-state index in [1.54, 1.807) is 12.1 Å². The Balaban J connectivity index is 2.56. The second kappa shape index (κ2) is 8.81. The lowest BCUT2D eigenvalue weighted by atomic mass is 10.1. The van der Waals surface area contributed by atoms with Gasteiger partial charge in [-0.1, -0.05) is 26.7 Å². The van der Waals surface area contributed by atoms with E-state index >= 15 is 0 Å². The van der Waals surface area contributed by atoms with Crippen LogP contribution in [0.3, 0.4) is 0 Å². The lowest BCUT2D eigenvalue weighted by Crippen LogP contribution is -2.31. The van der Waals surface area contributed by atoms with Gasteiger partial charge in [0.05, 0.1) is 6.54 Å². The molecular weight excluding hydrogens is 241 g/mol. The fourth-order valence-electron chi connectivity index (χ4n) is 1.96. The number of unbranched alkanes of at least 4 members (excludes halogenated alkanes) is 2. The van der Waals surface area contributed by atoms with Crippen LogP contribution in [0, 0.1) is 5.82 Å². The van der Waals surface area contributed by atoms with Crippen molar-refractivity contribution in [3.63, 3.8) is 0 Å². The predicted molar refractivity (Wildman–Crippen MR) is 77.0 cm³/mol. The molecule has 1 aromatic carbocycles. The van der Waals surface area contributed by atoms with Crippen molar-refractivity contribution in [1.29, 1.82) is 0 Å². The summed E-state index contributed by atoms with van der Waals surface area (Å²) in [6.45, 7) is 6.66. The standard InChI is InChI=1S/C16H24FNO/c1-3-5-11-18(12-6-4-2)13-16(19)14-7-9-15(17)10-8-14/h7-10H,3-6,11-13H2,1-2H3. The van der Waals surface area contributed by atoms with E-state index in [9.17, 15) is 9.18 Å². The van der Waals surface area contributed by atoms with E-state index in [2.05, 4.69) is 18.7 Å². The van der Waals surface area contributed by atoms with Gasteiger partial charge in [0.1, 0.15) is 5.82 Å². The SMILES string of the molecule is CCCCN(CCCC)CC(=O)c1ccc(F)cc1. The molecule has 0 saturated heterocycles. The van der Waals surface area contributed by atoms with Crippen molar-refractivity contribution in [3.05, 3.63) is 35.6 Å². The van der Waals surface area contributed by atoms with Crippen molar-refractivity contribution < 1.29 is 9.18 Å². The molecule has 0 aliphatic heterocycles. The number of rotatable bonds is 9. The fourth-order valence-corrected chi connectivity index (χ4v) is 1.96. The molecule has 0 atom stereocenters. The van der Waals surface area contributed by atoms with Gasteiger partial charge in [-0.2, -0.15) is 0 Å². The minimum Gasteiger partial charge on any atom is -0.296 e. The number of carbonyl (C=O) groups is 1. The quantitative estimate of drug-likeness (QED) is 0.631. The molecule has 0 radical (unpaired) electrons. The van der Waals surface area contributed by atoms with Crippen LogP contribution in [0.4, 0.5) is 4.39 Å². The average molecular weight is 265 g/mol. The first kappa shape index (κ1) is 15.8. The zero-order chi connectivity index (χ0) is 14.1. The van der Waals surface area contributed by atoms with Crippen molar-refractivity contribution in [2.45, 2.75) is 39.5 Å². The van der Waals surface area contributed by atoms with E-state index in [1.807, 2.05) is 0 Å². The summed E-state index contributed by atoms with van der Waals surface area (Å²) in [5.41, 5.74) is 0.597. The summed E-state index contributed by atoms with van der Waals surface area (Å²) in [5, 5.41) is 0. The largest absolute Gasteiger partial charge is 0.296 e. The molecule has 2 nitrogen and oxygen atoms in total. The van der Waals surface area contributed by atoms with Gasteiger partial charge < -0.3 is 0 Å². The average Bonchev–Trinajstić information content (AvgIpc) is 2.42. The summed E-state index contributed by atoms with van der Waals surface area (Å²) in [5.74, 6) is -0.224. The van der Waals surface area contributed by atoms with Crippen LogP contribution in [-0.4, -0.2) is 30.3 Å². The van der Waals surface area contributed by atoms with Gasteiger partial charge in [-0.3, -0.25) is 9.69 Å². The molecule has 0 heterocycles. The van der Waals surface area contributed by atoms with Gasteiger partial charge in [-0.15, -0.1) is 0 Å². The Kier molecular flexibility index (Phi) is 7.34. The molecule has 0 aliphatic carbocycles. The Morgan fingerprint density at radius 3 is 2.05 bits per heavy atom. The molecule has 3 heteroatoms. The zero-order valence-electron chi connectivity index (χ0n) is 12.0. The normalized spacial score (nSPS) is 10.9. The van der Waals surface area contributed by atoms with Crippen molar-refractivity contribution in [2.24, 2.45) is 0 Å². The van der Waals surface area contributed by atoms with Crippen molar-refractivity contribution in [3.8, 4) is 0 Å². The summed E-state index contributed by atoms with van der Waals surface area (Å²) in [7, 11) is 0. The maximum atomic E-state index is 12.8. The highest BCUT2D eigenvalue weighted by atomic mass is 19.1. The molecular formula is C16H24FNO. The third-order valence-electron chi connectivity index (χ3n) is 3.19. The van der Waals surface area contributed by atoms with Crippen LogP contribution in [0.15, 0.2) is 24.3 Å². The van der Waals surface area contributed by atoms with Gasteiger partial charge in [0.25, 0.3) is 0 Å². The van der Waals surface area contributed by atoms with Crippen LogP contribution >= 0.6 is 0 Å². The molecule has 0 fully saturated rings. The number of hydrogen-bond donors (Lipinski definition) is 0. The molecule has 0 amide bonds. The lowest BCUT2D eigenvalue weighted by Gasteiger charge is -2.21. The molecule has 106 valence electrons. The molecule has 0 spiro atoms. The van der Waals surface area contributed by atoms with E-state index < -0.39 is 0 Å². The summed E-state index contributed by atoms with van der Waals surface area (Å²) in [6.07, 6.45) is 4.49. The van der Waals surface area contributed by atoms with E-state index in [4.69, 9.17) is 0 Å². The number of Topliss-reactive ketones (excluding diaryl/α,β-unsaturated/α-hetero) is 1. The van der Waals surface area contributed by atoms with Gasteiger partial charge in [0.15, 0.2) is 5.78 Å². The molecule has 1 aromatic rings. The number of benzene rings is 1. The predicted octanol–water partition coefficient (Wildman–Crippen LogP) is 3.91. The van der Waals surface area contributed by atoms with Gasteiger partial charge in [-0.05, 0) is 50.2 Å². The van der Waals surface area contributed by atoms with Crippen molar-refractivity contribution >= 4 is 5.78 Å². The molecule has 0 saturated carbocycles. The fraction of sp³-hybridized carbons (Fsp3) is 0.562. The van der Waals surface area contributed by atoms with Gasteiger partial charge in [-0.25, -0.2) is 4.39 Å². The Morgan fingerprint density at radius 2 is 1.58 bits per heavy atom. The van der Waals surface area contributed by atoms with Crippen LogP contribution in [-0.2, 0) is 0 Å². The number of hydrogen-bond acceptors (Lipinski definition) is 2. The number of nitrogens with zero attached hydrogens (tertiary/aromatic N) is 1. The van der Waals surface area contributed by atoms with E-state index in [-0.39, 0.29) is 11.6 Å². The van der Waals surface area contributed by atoms with E-state index in [0.717, 1.165) is 38.8 Å². The Morgan fingerprint density at radius 1 is 1.05 bits per heavy atom. The van der Waals surface area contributed by atoms with Crippen molar-refractivity contribution in [2.75, 3.05) is 19.6 Å². The van der Waals surface area contributed by atoms with Crippen molar-refractivity contribution in [1.82, 2.24) is 4.90 Å². The van der Waals surface area contributed by atoms with Gasteiger partial charge in [0.2, 0.25) is 0 Å².